The van der Waals surface area contributed by atoms with Crippen LogP contribution in [0.4, 0.5) is 4.79 Å². The van der Waals surface area contributed by atoms with E-state index in [4.69, 9.17) is 9.47 Å². The van der Waals surface area contributed by atoms with Crippen molar-refractivity contribution in [3.05, 3.63) is 11.9 Å². The number of nitrogens with zero attached hydrogens (tertiary/aromatic N) is 3. The van der Waals surface area contributed by atoms with Crippen LogP contribution in [0.15, 0.2) is 6.20 Å². The molecule has 0 aliphatic carbocycles. The summed E-state index contributed by atoms with van der Waals surface area (Å²) in [6.07, 6.45) is 0.398. The summed E-state index contributed by atoms with van der Waals surface area (Å²) in [5, 5.41) is 19.1. The molecule has 10 heteroatoms. The lowest BCUT2D eigenvalue weighted by atomic mass is 9.98. The van der Waals surface area contributed by atoms with Gasteiger partial charge in [-0.05, 0) is 41.5 Å². The molecule has 1 aromatic heterocycles. The van der Waals surface area contributed by atoms with E-state index in [1.54, 1.807) is 41.5 Å². The zero-order chi connectivity index (χ0) is 20.1. The Hall–Kier alpha value is -2.65. The number of carbonyl (C=O) groups excluding carboxylic acids is 2. The SMILES string of the molecule is CC(C)(C)OC(=O)NC(Cc1cnnn1COC(=O)C(C)(C)C)C(=O)O. The van der Waals surface area contributed by atoms with E-state index >= 15 is 0 Å². The Balaban J connectivity index is 2.76. The number of esters is 1. The van der Waals surface area contributed by atoms with Crippen LogP contribution in [0.25, 0.3) is 0 Å². The van der Waals surface area contributed by atoms with Gasteiger partial charge in [0, 0.05) is 6.42 Å². The highest BCUT2D eigenvalue weighted by atomic mass is 16.6. The van der Waals surface area contributed by atoms with Crippen LogP contribution in [-0.2, 0) is 32.2 Å². The minimum Gasteiger partial charge on any atom is -0.480 e. The van der Waals surface area contributed by atoms with Gasteiger partial charge in [0.15, 0.2) is 6.73 Å². The number of amides is 1. The topological polar surface area (TPSA) is 133 Å². The van der Waals surface area contributed by atoms with Gasteiger partial charge in [-0.25, -0.2) is 14.3 Å². The van der Waals surface area contributed by atoms with Gasteiger partial charge < -0.3 is 19.9 Å². The van der Waals surface area contributed by atoms with Gasteiger partial charge in [-0.1, -0.05) is 5.21 Å². The van der Waals surface area contributed by atoms with E-state index in [0.717, 1.165) is 0 Å². The van der Waals surface area contributed by atoms with Crippen LogP contribution < -0.4 is 5.32 Å². The third-order valence-electron chi connectivity index (χ3n) is 3.03. The molecule has 0 radical (unpaired) electrons. The largest absolute Gasteiger partial charge is 0.480 e. The maximum Gasteiger partial charge on any atom is 0.408 e. The third-order valence-corrected chi connectivity index (χ3v) is 3.03. The van der Waals surface area contributed by atoms with Gasteiger partial charge in [-0.15, -0.1) is 5.10 Å². The second kappa shape index (κ2) is 8.15. The molecule has 26 heavy (non-hydrogen) atoms. The Labute approximate surface area is 151 Å². The summed E-state index contributed by atoms with van der Waals surface area (Å²) in [6, 6.07) is -1.25. The average Bonchev–Trinajstić information content (AvgIpc) is 2.88. The van der Waals surface area contributed by atoms with Gasteiger partial charge >= 0.3 is 18.0 Å². The number of aliphatic carboxylic acids is 1. The lowest BCUT2D eigenvalue weighted by molar-refractivity contribution is -0.157. The minimum atomic E-state index is -1.25. The molecule has 0 aliphatic rings. The molecule has 0 fully saturated rings. The molecule has 1 aromatic rings. The molecule has 1 amide bonds. The zero-order valence-corrected chi connectivity index (χ0v) is 15.9. The minimum absolute atomic E-state index is 0.103. The van der Waals surface area contributed by atoms with Crippen molar-refractivity contribution in [2.24, 2.45) is 5.41 Å². The fourth-order valence-electron chi connectivity index (χ4n) is 1.74. The molecule has 2 N–H and O–H groups in total. The van der Waals surface area contributed by atoms with Crippen LogP contribution in [0.3, 0.4) is 0 Å². The molecule has 0 bridgehead atoms. The molecule has 0 saturated carbocycles. The highest BCUT2D eigenvalue weighted by Gasteiger charge is 2.27. The monoisotopic (exact) mass is 370 g/mol. The predicted molar refractivity (Wildman–Crippen MR) is 90.1 cm³/mol. The zero-order valence-electron chi connectivity index (χ0n) is 15.9. The first-order valence-electron chi connectivity index (χ1n) is 8.06. The molecule has 0 aliphatic heterocycles. The molecule has 0 aromatic carbocycles. The number of carboxylic acid groups (broad SMARTS) is 1. The van der Waals surface area contributed by atoms with E-state index in [1.165, 1.54) is 10.9 Å². The van der Waals surface area contributed by atoms with Crippen LogP contribution in [0.5, 0.6) is 0 Å². The molecule has 0 saturated heterocycles. The van der Waals surface area contributed by atoms with E-state index in [0.29, 0.717) is 5.69 Å². The lowest BCUT2D eigenvalue weighted by Gasteiger charge is -2.22. The summed E-state index contributed by atoms with van der Waals surface area (Å²) >= 11 is 0. The van der Waals surface area contributed by atoms with Crippen LogP contribution in [0, 0.1) is 5.41 Å². The number of rotatable bonds is 6. The highest BCUT2D eigenvalue weighted by Crippen LogP contribution is 2.15. The number of hydrogen-bond donors (Lipinski definition) is 2. The number of carbonyl (C=O) groups is 3. The average molecular weight is 370 g/mol. The Morgan fingerprint density at radius 1 is 1.23 bits per heavy atom. The summed E-state index contributed by atoms with van der Waals surface area (Å²) in [4.78, 5) is 35.1. The number of ether oxygens (including phenoxy) is 2. The standard InChI is InChI=1S/C16H26N4O6/c1-15(2,3)13(23)25-9-20-10(8-17-19-20)7-11(12(21)22)18-14(24)26-16(4,5)6/h8,11H,7,9H2,1-6H3,(H,18,24)(H,21,22). The van der Waals surface area contributed by atoms with Crippen molar-refractivity contribution in [2.45, 2.75) is 66.3 Å². The van der Waals surface area contributed by atoms with Crippen molar-refractivity contribution in [3.63, 3.8) is 0 Å². The number of nitrogens with one attached hydrogen (secondary N) is 1. The van der Waals surface area contributed by atoms with Crippen molar-refractivity contribution in [1.29, 1.82) is 0 Å². The molecule has 1 rings (SSSR count). The summed E-state index contributed by atoms with van der Waals surface area (Å²) in [6.45, 7) is 9.94. The van der Waals surface area contributed by atoms with Crippen LogP contribution in [-0.4, -0.2) is 49.8 Å². The summed E-state index contributed by atoms with van der Waals surface area (Å²) in [5.74, 6) is -1.67. The van der Waals surface area contributed by atoms with Gasteiger partial charge in [0.05, 0.1) is 17.3 Å². The smallest absolute Gasteiger partial charge is 0.408 e. The maximum absolute atomic E-state index is 11.8. The molecular weight excluding hydrogens is 344 g/mol. The van der Waals surface area contributed by atoms with Crippen molar-refractivity contribution in [3.8, 4) is 0 Å². The first-order chi connectivity index (χ1) is 11.8. The van der Waals surface area contributed by atoms with E-state index in [1.807, 2.05) is 0 Å². The normalized spacial score (nSPS) is 13.0. The van der Waals surface area contributed by atoms with Crippen LogP contribution in [0.2, 0.25) is 0 Å². The fraction of sp³-hybridized carbons (Fsp3) is 0.688. The Kier molecular flexibility index (Phi) is 6.71. The molecule has 10 nitrogen and oxygen atoms in total. The first kappa shape index (κ1) is 21.4. The molecule has 1 unspecified atom stereocenters. The molecule has 146 valence electrons. The summed E-state index contributed by atoms with van der Waals surface area (Å²) < 4.78 is 11.5. The molecule has 1 heterocycles. The van der Waals surface area contributed by atoms with Crippen LogP contribution >= 0.6 is 0 Å². The predicted octanol–water partition coefficient (Wildman–Crippen LogP) is 1.35. The van der Waals surface area contributed by atoms with Gasteiger partial charge in [-0.2, -0.15) is 0 Å². The number of alkyl carbamates (subject to hydrolysis) is 1. The molecular formula is C16H26N4O6. The number of carboxylic acids is 1. The Morgan fingerprint density at radius 3 is 2.35 bits per heavy atom. The van der Waals surface area contributed by atoms with Gasteiger partial charge in [0.2, 0.25) is 0 Å². The fourth-order valence-corrected chi connectivity index (χ4v) is 1.74. The first-order valence-corrected chi connectivity index (χ1v) is 8.06. The molecule has 0 spiro atoms. The number of aromatic nitrogens is 3. The van der Waals surface area contributed by atoms with E-state index < -0.39 is 35.1 Å². The Bertz CT molecular complexity index is 656. The van der Waals surface area contributed by atoms with Crippen LogP contribution in [0.1, 0.15) is 47.2 Å². The van der Waals surface area contributed by atoms with Gasteiger partial charge in [0.1, 0.15) is 11.6 Å². The van der Waals surface area contributed by atoms with Crippen molar-refractivity contribution < 1.29 is 29.0 Å². The quantitative estimate of drug-likeness (QED) is 0.717. The van der Waals surface area contributed by atoms with E-state index in [2.05, 4.69) is 15.6 Å². The van der Waals surface area contributed by atoms with Gasteiger partial charge in [0.25, 0.3) is 0 Å². The van der Waals surface area contributed by atoms with E-state index in [9.17, 15) is 19.5 Å². The maximum atomic E-state index is 11.8. The highest BCUT2D eigenvalue weighted by molar-refractivity contribution is 5.80. The summed E-state index contributed by atoms with van der Waals surface area (Å²) in [5.41, 5.74) is -1.05. The molecule has 1 atom stereocenters. The lowest BCUT2D eigenvalue weighted by Crippen LogP contribution is -2.45. The van der Waals surface area contributed by atoms with Crippen molar-refractivity contribution >= 4 is 18.0 Å². The van der Waals surface area contributed by atoms with E-state index in [-0.39, 0.29) is 13.2 Å². The second-order valence-corrected chi connectivity index (χ2v) is 7.78. The van der Waals surface area contributed by atoms with Gasteiger partial charge in [-0.3, -0.25) is 4.79 Å². The Morgan fingerprint density at radius 2 is 1.85 bits per heavy atom. The van der Waals surface area contributed by atoms with Crippen molar-refractivity contribution in [1.82, 2.24) is 20.3 Å². The second-order valence-electron chi connectivity index (χ2n) is 7.78. The summed E-state index contributed by atoms with van der Waals surface area (Å²) in [7, 11) is 0. The van der Waals surface area contributed by atoms with Crippen molar-refractivity contribution in [2.75, 3.05) is 0 Å². The number of hydrogen-bond acceptors (Lipinski definition) is 7. The third kappa shape index (κ3) is 7.08.